The predicted molar refractivity (Wildman–Crippen MR) is 61.5 cm³/mol. The van der Waals surface area contributed by atoms with Gasteiger partial charge in [0.1, 0.15) is 0 Å². The van der Waals surface area contributed by atoms with E-state index in [1.807, 2.05) is 0 Å². The van der Waals surface area contributed by atoms with Crippen LogP contribution in [0.4, 0.5) is 0 Å². The molecule has 0 radical (unpaired) electrons. The van der Waals surface area contributed by atoms with E-state index in [4.69, 9.17) is 69.6 Å². The summed E-state index contributed by atoms with van der Waals surface area (Å²) in [5.41, 5.74) is 0. The number of hydrogen-bond donors (Lipinski definition) is 0. The Labute approximate surface area is 147 Å². The van der Waals surface area contributed by atoms with Gasteiger partial charge < -0.3 is 30.3 Å². The van der Waals surface area contributed by atoms with Crippen molar-refractivity contribution in [2.45, 2.75) is 32.3 Å². The molecule has 0 atom stereocenters. The van der Waals surface area contributed by atoms with Crippen LogP contribution in [0.25, 0.3) is 0 Å². The number of rotatable bonds is 0. The van der Waals surface area contributed by atoms with Gasteiger partial charge in [0.05, 0.1) is 32.3 Å². The molecule has 1 nitrogen and oxygen atoms in total. The fraction of sp³-hybridized carbons (Fsp3) is 1.00. The first-order valence-electron chi connectivity index (χ1n) is 3.31. The normalized spacial score (nSPS) is 41.6. The van der Waals surface area contributed by atoms with Crippen molar-refractivity contribution in [1.29, 1.82) is 0 Å². The van der Waals surface area contributed by atoms with Gasteiger partial charge in [-0.05, 0) is 0 Å². The van der Waals surface area contributed by atoms with Crippen LogP contribution in [0.15, 0.2) is 0 Å². The van der Waals surface area contributed by atoms with Crippen molar-refractivity contribution in [1.82, 2.24) is 0 Å². The van der Waals surface area contributed by atoms with Crippen LogP contribution in [0.1, 0.15) is 0 Å². The number of halogens is 8. The van der Waals surface area contributed by atoms with Gasteiger partial charge >= 0.3 is 16.5 Å². The predicted octanol–water partition coefficient (Wildman–Crippen LogP) is -3.17. The molecular formula is C6H8Cl8NiO. The Kier molecular flexibility index (Phi) is 19.7. The molecule has 1 saturated carbocycles. The molecule has 1 rings (SSSR count). The fourth-order valence-corrected chi connectivity index (χ4v) is 3.38. The number of alkyl halides is 6. The maximum Gasteiger partial charge on any atom is 2.00 e. The SMILES string of the molecule is ClC1C(Cl)C(Cl)C(Cl)C(Cl)C1Cl.O.[Cl-].[Cl-].[Ni+2]. The third-order valence-electron chi connectivity index (χ3n) is 1.83. The largest absolute Gasteiger partial charge is 2.00 e. The molecule has 0 unspecified atom stereocenters. The van der Waals surface area contributed by atoms with Crippen molar-refractivity contribution in [2.24, 2.45) is 0 Å². The molecule has 0 aliphatic heterocycles. The van der Waals surface area contributed by atoms with E-state index in [2.05, 4.69) is 0 Å². The molecule has 16 heavy (non-hydrogen) atoms. The van der Waals surface area contributed by atoms with E-state index in [0.717, 1.165) is 0 Å². The molecule has 0 aromatic carbocycles. The van der Waals surface area contributed by atoms with E-state index in [1.54, 1.807) is 0 Å². The molecule has 1 fully saturated rings. The van der Waals surface area contributed by atoms with Crippen molar-refractivity contribution >= 4 is 69.6 Å². The summed E-state index contributed by atoms with van der Waals surface area (Å²) < 4.78 is 0. The van der Waals surface area contributed by atoms with E-state index < -0.39 is 32.3 Å². The summed E-state index contributed by atoms with van der Waals surface area (Å²) in [4.78, 5) is 0. The zero-order valence-corrected chi connectivity index (χ0v) is 14.3. The van der Waals surface area contributed by atoms with Crippen LogP contribution in [0.3, 0.4) is 0 Å². The molecule has 1 aliphatic carbocycles. The van der Waals surface area contributed by atoms with Gasteiger partial charge in [0, 0.05) is 0 Å². The van der Waals surface area contributed by atoms with Crippen molar-refractivity contribution in [3.8, 4) is 0 Å². The summed E-state index contributed by atoms with van der Waals surface area (Å²) in [6, 6.07) is 0. The van der Waals surface area contributed by atoms with Crippen LogP contribution >= 0.6 is 69.6 Å². The summed E-state index contributed by atoms with van der Waals surface area (Å²) in [6.07, 6.45) is 0. The van der Waals surface area contributed by atoms with Gasteiger partial charge in [0.25, 0.3) is 0 Å². The second-order valence-electron chi connectivity index (χ2n) is 2.67. The summed E-state index contributed by atoms with van der Waals surface area (Å²) in [6.45, 7) is 0. The van der Waals surface area contributed by atoms with E-state index in [-0.39, 0.29) is 46.8 Å². The van der Waals surface area contributed by atoms with Crippen LogP contribution in [0.5, 0.6) is 0 Å². The minimum atomic E-state index is -0.437. The van der Waals surface area contributed by atoms with E-state index in [9.17, 15) is 0 Å². The zero-order valence-electron chi connectivity index (χ0n) is 7.30. The third-order valence-corrected chi connectivity index (χ3v) is 5.86. The molecule has 0 spiro atoms. The maximum atomic E-state index is 5.88. The molecule has 0 amide bonds. The topological polar surface area (TPSA) is 31.5 Å². The summed E-state index contributed by atoms with van der Waals surface area (Å²) in [5, 5.41) is -2.62. The first-order chi connectivity index (χ1) is 5.46. The van der Waals surface area contributed by atoms with Gasteiger partial charge in [-0.3, -0.25) is 0 Å². The first kappa shape index (κ1) is 27.2. The molecule has 1 aliphatic rings. The fourth-order valence-electron chi connectivity index (χ4n) is 1.05. The molecule has 2 N–H and O–H groups in total. The quantitative estimate of drug-likeness (QED) is 0.282. The molecule has 0 saturated heterocycles. The van der Waals surface area contributed by atoms with Gasteiger partial charge in [-0.25, -0.2) is 0 Å². The van der Waals surface area contributed by atoms with Crippen molar-refractivity contribution in [3.63, 3.8) is 0 Å². The van der Waals surface area contributed by atoms with E-state index in [0.29, 0.717) is 0 Å². The van der Waals surface area contributed by atoms with E-state index >= 15 is 0 Å². The molecule has 10 heteroatoms. The van der Waals surface area contributed by atoms with Gasteiger partial charge in [-0.2, -0.15) is 0 Å². The average Bonchev–Trinajstić information content (AvgIpc) is 2.08. The third kappa shape index (κ3) is 5.82. The van der Waals surface area contributed by atoms with Crippen LogP contribution < -0.4 is 24.8 Å². The van der Waals surface area contributed by atoms with E-state index in [1.165, 1.54) is 0 Å². The standard InChI is InChI=1S/C6H6Cl6.2ClH.Ni.H2O/c7-1-2(8)4(10)6(12)5(11)3(1)9;;;;/h1-6H;2*1H;;1H2/q;;;+2;/p-2. The summed E-state index contributed by atoms with van der Waals surface area (Å²) in [5.74, 6) is 0. The minimum absolute atomic E-state index is 0. The Hall–Kier alpha value is 2.77. The van der Waals surface area contributed by atoms with Crippen molar-refractivity contribution < 1.29 is 46.8 Å². The second kappa shape index (κ2) is 11.6. The smallest absolute Gasteiger partial charge is 1.00 e. The molecule has 0 heterocycles. The molecular weight excluding hydrogens is 430 g/mol. The molecule has 0 aromatic rings. The summed E-state index contributed by atoms with van der Waals surface area (Å²) in [7, 11) is 0. The summed E-state index contributed by atoms with van der Waals surface area (Å²) >= 11 is 35.3. The van der Waals surface area contributed by atoms with Gasteiger partial charge in [0.2, 0.25) is 0 Å². The Bertz CT molecular complexity index is 116. The van der Waals surface area contributed by atoms with Crippen molar-refractivity contribution in [3.05, 3.63) is 0 Å². The van der Waals surface area contributed by atoms with Crippen LogP contribution in [0.2, 0.25) is 0 Å². The Morgan fingerprint density at radius 3 is 0.562 bits per heavy atom. The second-order valence-corrected chi connectivity index (χ2v) is 5.69. The van der Waals surface area contributed by atoms with Crippen molar-refractivity contribution in [2.75, 3.05) is 0 Å². The zero-order chi connectivity index (χ0) is 9.46. The average molecular weight is 438 g/mol. The monoisotopic (exact) mass is 434 g/mol. The van der Waals surface area contributed by atoms with Crippen LogP contribution in [-0.4, -0.2) is 37.7 Å². The first-order valence-corrected chi connectivity index (χ1v) is 5.93. The van der Waals surface area contributed by atoms with Gasteiger partial charge in [-0.15, -0.1) is 69.6 Å². The minimum Gasteiger partial charge on any atom is -1.00 e. The molecule has 0 aromatic heterocycles. The van der Waals surface area contributed by atoms with Crippen LogP contribution in [-0.2, 0) is 16.5 Å². The molecule has 104 valence electrons. The Balaban J connectivity index is -0.000000180. The van der Waals surface area contributed by atoms with Gasteiger partial charge in [0.15, 0.2) is 0 Å². The Morgan fingerprint density at radius 1 is 0.438 bits per heavy atom. The maximum absolute atomic E-state index is 5.88. The number of hydrogen-bond acceptors (Lipinski definition) is 0. The van der Waals surface area contributed by atoms with Gasteiger partial charge in [-0.1, -0.05) is 0 Å². The Morgan fingerprint density at radius 2 is 0.500 bits per heavy atom. The van der Waals surface area contributed by atoms with Crippen LogP contribution in [0, 0.1) is 0 Å². The molecule has 0 bridgehead atoms.